The normalized spacial score (nSPS) is 14.4. The summed E-state index contributed by atoms with van der Waals surface area (Å²) in [4.78, 5) is 17.0. The third kappa shape index (κ3) is 3.50. The second kappa shape index (κ2) is 7.51. The molecule has 1 amide bonds. The molecule has 1 aliphatic heterocycles. The van der Waals surface area contributed by atoms with Gasteiger partial charge in [-0.2, -0.15) is 10.5 Å². The standard InChI is InChI=1S/C22H22N4O/c1-22(2,19-9-4-3-5-10-19)21(27)26-13-11-25(12-14-26)20-17(15-23)7-6-8-18(20)16-24/h3-10H,11-14H2,1-2H3. The van der Waals surface area contributed by atoms with Gasteiger partial charge in [-0.3, -0.25) is 4.79 Å². The zero-order valence-electron chi connectivity index (χ0n) is 15.6. The Labute approximate surface area is 160 Å². The van der Waals surface area contributed by atoms with Crippen LogP contribution in [0.4, 0.5) is 5.69 Å². The van der Waals surface area contributed by atoms with Gasteiger partial charge in [0.25, 0.3) is 0 Å². The van der Waals surface area contributed by atoms with E-state index < -0.39 is 5.41 Å². The highest BCUT2D eigenvalue weighted by Crippen LogP contribution is 2.29. The van der Waals surface area contributed by atoms with Crippen molar-refractivity contribution in [1.82, 2.24) is 4.90 Å². The van der Waals surface area contributed by atoms with E-state index >= 15 is 0 Å². The van der Waals surface area contributed by atoms with Crippen LogP contribution in [0.3, 0.4) is 0 Å². The lowest BCUT2D eigenvalue weighted by atomic mass is 9.83. The largest absolute Gasteiger partial charge is 0.366 e. The van der Waals surface area contributed by atoms with Crippen molar-refractivity contribution < 1.29 is 4.79 Å². The minimum atomic E-state index is -0.591. The topological polar surface area (TPSA) is 71.1 Å². The molecular formula is C22H22N4O. The molecular weight excluding hydrogens is 336 g/mol. The Morgan fingerprint density at radius 1 is 0.889 bits per heavy atom. The molecule has 5 nitrogen and oxygen atoms in total. The van der Waals surface area contributed by atoms with Gasteiger partial charge in [-0.15, -0.1) is 0 Å². The first kappa shape index (κ1) is 18.5. The molecule has 2 aromatic carbocycles. The van der Waals surface area contributed by atoms with Gasteiger partial charge in [0.1, 0.15) is 12.1 Å². The number of benzene rings is 2. The molecule has 136 valence electrons. The van der Waals surface area contributed by atoms with Crippen LogP contribution in [0.15, 0.2) is 48.5 Å². The minimum Gasteiger partial charge on any atom is -0.366 e. The first-order valence-corrected chi connectivity index (χ1v) is 9.02. The predicted molar refractivity (Wildman–Crippen MR) is 104 cm³/mol. The van der Waals surface area contributed by atoms with E-state index in [1.807, 2.05) is 54.0 Å². The Balaban J connectivity index is 1.76. The third-order valence-electron chi connectivity index (χ3n) is 5.19. The van der Waals surface area contributed by atoms with Gasteiger partial charge >= 0.3 is 0 Å². The van der Waals surface area contributed by atoms with Crippen LogP contribution in [-0.4, -0.2) is 37.0 Å². The molecule has 0 saturated carbocycles. The number of amides is 1. The first-order valence-electron chi connectivity index (χ1n) is 9.02. The number of nitrogens with zero attached hydrogens (tertiary/aromatic N) is 4. The van der Waals surface area contributed by atoms with E-state index in [1.165, 1.54) is 0 Å². The molecule has 0 unspecified atom stereocenters. The number of anilines is 1. The summed E-state index contributed by atoms with van der Waals surface area (Å²) in [5, 5.41) is 18.8. The van der Waals surface area contributed by atoms with Crippen LogP contribution in [0.5, 0.6) is 0 Å². The zero-order chi connectivity index (χ0) is 19.4. The molecule has 0 aliphatic carbocycles. The molecule has 27 heavy (non-hydrogen) atoms. The van der Waals surface area contributed by atoms with Crippen molar-refractivity contribution in [3.63, 3.8) is 0 Å². The predicted octanol–water partition coefficient (Wildman–Crippen LogP) is 3.06. The summed E-state index contributed by atoms with van der Waals surface area (Å²) in [5.41, 5.74) is 2.08. The maximum atomic E-state index is 13.1. The van der Waals surface area contributed by atoms with Crippen molar-refractivity contribution in [2.75, 3.05) is 31.1 Å². The number of carbonyl (C=O) groups excluding carboxylic acids is 1. The van der Waals surface area contributed by atoms with Crippen LogP contribution in [0, 0.1) is 22.7 Å². The summed E-state index contributed by atoms with van der Waals surface area (Å²) in [7, 11) is 0. The molecule has 0 radical (unpaired) electrons. The zero-order valence-corrected chi connectivity index (χ0v) is 15.6. The lowest BCUT2D eigenvalue weighted by molar-refractivity contribution is -0.136. The molecule has 0 spiro atoms. The van der Waals surface area contributed by atoms with Gasteiger partial charge in [-0.25, -0.2) is 0 Å². The molecule has 1 aliphatic rings. The highest BCUT2D eigenvalue weighted by molar-refractivity contribution is 5.87. The van der Waals surface area contributed by atoms with E-state index in [4.69, 9.17) is 0 Å². The van der Waals surface area contributed by atoms with Crippen LogP contribution in [0.25, 0.3) is 0 Å². The highest BCUT2D eigenvalue weighted by Gasteiger charge is 2.35. The fourth-order valence-electron chi connectivity index (χ4n) is 3.57. The second-order valence-corrected chi connectivity index (χ2v) is 7.20. The van der Waals surface area contributed by atoms with Crippen LogP contribution in [-0.2, 0) is 10.2 Å². The third-order valence-corrected chi connectivity index (χ3v) is 5.19. The van der Waals surface area contributed by atoms with Crippen molar-refractivity contribution in [3.8, 4) is 12.1 Å². The van der Waals surface area contributed by atoms with Gasteiger partial charge < -0.3 is 9.80 Å². The number of piperazine rings is 1. The van der Waals surface area contributed by atoms with Crippen LogP contribution in [0.2, 0.25) is 0 Å². The maximum absolute atomic E-state index is 13.1. The van der Waals surface area contributed by atoms with Crippen LogP contribution >= 0.6 is 0 Å². The van der Waals surface area contributed by atoms with Gasteiger partial charge in [0.05, 0.1) is 22.2 Å². The smallest absolute Gasteiger partial charge is 0.232 e. The van der Waals surface area contributed by atoms with E-state index in [0.717, 1.165) is 5.56 Å². The number of para-hydroxylation sites is 1. The number of hydrogen-bond donors (Lipinski definition) is 0. The Hall–Kier alpha value is -3.31. The van der Waals surface area contributed by atoms with E-state index in [1.54, 1.807) is 18.2 Å². The van der Waals surface area contributed by atoms with Crippen molar-refractivity contribution in [1.29, 1.82) is 10.5 Å². The summed E-state index contributed by atoms with van der Waals surface area (Å²) in [6, 6.07) is 19.3. The molecule has 3 rings (SSSR count). The quantitative estimate of drug-likeness (QED) is 0.845. The van der Waals surface area contributed by atoms with Crippen LogP contribution in [0.1, 0.15) is 30.5 Å². The van der Waals surface area contributed by atoms with Gasteiger partial charge in [0, 0.05) is 26.2 Å². The Morgan fingerprint density at radius 3 is 1.96 bits per heavy atom. The van der Waals surface area contributed by atoms with E-state index in [2.05, 4.69) is 12.1 Å². The summed E-state index contributed by atoms with van der Waals surface area (Å²) in [5.74, 6) is 0.0995. The molecule has 2 aromatic rings. The Kier molecular flexibility index (Phi) is 5.14. The number of nitriles is 2. The molecule has 5 heteroatoms. The summed E-state index contributed by atoms with van der Waals surface area (Å²) in [6.07, 6.45) is 0. The maximum Gasteiger partial charge on any atom is 0.232 e. The lowest BCUT2D eigenvalue weighted by Crippen LogP contribution is -2.53. The van der Waals surface area contributed by atoms with E-state index in [-0.39, 0.29) is 5.91 Å². The molecule has 0 aromatic heterocycles. The van der Waals surface area contributed by atoms with E-state index in [0.29, 0.717) is 43.0 Å². The highest BCUT2D eigenvalue weighted by atomic mass is 16.2. The summed E-state index contributed by atoms with van der Waals surface area (Å²) in [6.45, 7) is 6.25. The van der Waals surface area contributed by atoms with Gasteiger partial charge in [0.15, 0.2) is 0 Å². The molecule has 1 fully saturated rings. The molecule has 1 heterocycles. The summed E-state index contributed by atoms with van der Waals surface area (Å²) >= 11 is 0. The minimum absolute atomic E-state index is 0.0995. The number of carbonyl (C=O) groups is 1. The van der Waals surface area contributed by atoms with Crippen molar-refractivity contribution in [2.45, 2.75) is 19.3 Å². The molecule has 1 saturated heterocycles. The Bertz CT molecular complexity index is 881. The number of hydrogen-bond acceptors (Lipinski definition) is 4. The first-order chi connectivity index (χ1) is 13.0. The fraction of sp³-hybridized carbons (Fsp3) is 0.318. The molecule has 0 bridgehead atoms. The lowest BCUT2D eigenvalue weighted by Gasteiger charge is -2.40. The number of rotatable bonds is 3. The van der Waals surface area contributed by atoms with Gasteiger partial charge in [-0.1, -0.05) is 36.4 Å². The van der Waals surface area contributed by atoms with Crippen LogP contribution < -0.4 is 4.90 Å². The Morgan fingerprint density at radius 2 is 1.44 bits per heavy atom. The van der Waals surface area contributed by atoms with Crippen molar-refractivity contribution in [2.24, 2.45) is 0 Å². The van der Waals surface area contributed by atoms with E-state index in [9.17, 15) is 15.3 Å². The average Bonchev–Trinajstić information content (AvgIpc) is 2.73. The van der Waals surface area contributed by atoms with Gasteiger partial charge in [0.2, 0.25) is 5.91 Å². The fourth-order valence-corrected chi connectivity index (χ4v) is 3.57. The molecule has 0 N–H and O–H groups in total. The summed E-state index contributed by atoms with van der Waals surface area (Å²) < 4.78 is 0. The average molecular weight is 358 g/mol. The van der Waals surface area contributed by atoms with Gasteiger partial charge in [-0.05, 0) is 31.5 Å². The van der Waals surface area contributed by atoms with Crippen molar-refractivity contribution >= 4 is 11.6 Å². The van der Waals surface area contributed by atoms with Crippen molar-refractivity contribution in [3.05, 3.63) is 65.2 Å². The second-order valence-electron chi connectivity index (χ2n) is 7.20. The monoisotopic (exact) mass is 358 g/mol. The SMILES string of the molecule is CC(C)(C(=O)N1CCN(c2c(C#N)cccc2C#N)CC1)c1ccccc1. The molecule has 0 atom stereocenters.